The second-order valence-electron chi connectivity index (χ2n) is 5.43. The van der Waals surface area contributed by atoms with Crippen molar-refractivity contribution in [1.82, 2.24) is 15.0 Å². The number of nitrogens with zero attached hydrogens (tertiary/aromatic N) is 2. The number of hydrogen-bond donors (Lipinski definition) is 2. The summed E-state index contributed by atoms with van der Waals surface area (Å²) in [5.74, 6) is 0.454. The van der Waals surface area contributed by atoms with E-state index in [9.17, 15) is 18.3 Å². The molecule has 2 N–H and O–H groups in total. The Labute approximate surface area is 130 Å². The van der Waals surface area contributed by atoms with Crippen molar-refractivity contribution in [2.24, 2.45) is 0 Å². The van der Waals surface area contributed by atoms with Crippen molar-refractivity contribution < 1.29 is 18.3 Å². The van der Waals surface area contributed by atoms with Crippen molar-refractivity contribution in [3.63, 3.8) is 0 Å². The molecular weight excluding hydrogens is 307 g/mol. The molecule has 3 rings (SSSR count). The average Bonchev–Trinajstić information content (AvgIpc) is 2.89. The molecule has 1 unspecified atom stereocenters. The molecule has 0 radical (unpaired) electrons. The van der Waals surface area contributed by atoms with Gasteiger partial charge in [-0.1, -0.05) is 24.3 Å². The monoisotopic (exact) mass is 321 g/mol. The van der Waals surface area contributed by atoms with Crippen molar-refractivity contribution in [1.29, 1.82) is 0 Å². The lowest BCUT2D eigenvalue weighted by atomic mass is 10.1. The van der Waals surface area contributed by atoms with E-state index in [1.165, 1.54) is 0 Å². The van der Waals surface area contributed by atoms with E-state index in [0.29, 0.717) is 12.2 Å². The molecule has 0 saturated heterocycles. The third-order valence-electron chi connectivity index (χ3n) is 3.42. The Morgan fingerprint density at radius 2 is 1.91 bits per heavy atom. The summed E-state index contributed by atoms with van der Waals surface area (Å²) in [5, 5.41) is 9.36. The number of aliphatic hydroxyl groups excluding tert-OH is 1. The summed E-state index contributed by atoms with van der Waals surface area (Å²) in [6, 6.07) is 8.31. The van der Waals surface area contributed by atoms with Crippen molar-refractivity contribution in [3.05, 3.63) is 47.7 Å². The van der Waals surface area contributed by atoms with Crippen LogP contribution < -0.4 is 0 Å². The summed E-state index contributed by atoms with van der Waals surface area (Å²) < 4.78 is 38.1. The van der Waals surface area contributed by atoms with E-state index >= 15 is 0 Å². The van der Waals surface area contributed by atoms with E-state index in [4.69, 9.17) is 0 Å². The van der Waals surface area contributed by atoms with Crippen LogP contribution in [0.2, 0.25) is 0 Å². The van der Waals surface area contributed by atoms with Crippen LogP contribution in [-0.4, -0.2) is 26.2 Å². The van der Waals surface area contributed by atoms with Crippen LogP contribution >= 0.6 is 0 Å². The number of aromatic nitrogens is 3. The van der Waals surface area contributed by atoms with Gasteiger partial charge in [-0.05, 0) is 25.0 Å². The molecule has 0 saturated carbocycles. The van der Waals surface area contributed by atoms with Gasteiger partial charge < -0.3 is 10.1 Å². The highest BCUT2D eigenvalue weighted by molar-refractivity contribution is 5.76. The van der Waals surface area contributed by atoms with Crippen LogP contribution in [0.4, 0.5) is 13.2 Å². The fourth-order valence-corrected chi connectivity index (χ4v) is 2.33. The van der Waals surface area contributed by atoms with E-state index in [1.54, 1.807) is 19.1 Å². The lowest BCUT2D eigenvalue weighted by Gasteiger charge is -2.04. The fourth-order valence-electron chi connectivity index (χ4n) is 2.33. The van der Waals surface area contributed by atoms with E-state index in [0.717, 1.165) is 23.4 Å². The van der Waals surface area contributed by atoms with Crippen LogP contribution in [-0.2, 0) is 12.6 Å². The van der Waals surface area contributed by atoms with Gasteiger partial charge in [-0.2, -0.15) is 13.2 Å². The van der Waals surface area contributed by atoms with Crippen LogP contribution in [0.25, 0.3) is 22.6 Å². The number of alkyl halides is 3. The Morgan fingerprint density at radius 3 is 2.52 bits per heavy atom. The molecule has 2 aromatic heterocycles. The highest BCUT2D eigenvalue weighted by Gasteiger charge is 2.31. The summed E-state index contributed by atoms with van der Waals surface area (Å²) >= 11 is 0. The molecule has 0 amide bonds. The molecule has 4 nitrogen and oxygen atoms in total. The Balaban J connectivity index is 1.94. The van der Waals surface area contributed by atoms with Crippen molar-refractivity contribution in [3.8, 4) is 11.4 Å². The van der Waals surface area contributed by atoms with Crippen LogP contribution in [0.3, 0.4) is 0 Å². The lowest BCUT2D eigenvalue weighted by Crippen LogP contribution is -2.05. The smallest absolute Gasteiger partial charge is 0.393 e. The van der Waals surface area contributed by atoms with Crippen molar-refractivity contribution in [2.45, 2.75) is 25.6 Å². The average molecular weight is 321 g/mol. The third kappa shape index (κ3) is 3.34. The molecule has 0 aliphatic rings. The molecule has 0 aliphatic heterocycles. The number of pyridine rings is 1. The van der Waals surface area contributed by atoms with Crippen LogP contribution in [0.1, 0.15) is 18.1 Å². The molecule has 0 fully saturated rings. The Morgan fingerprint density at radius 1 is 1.22 bits per heavy atom. The predicted molar refractivity (Wildman–Crippen MR) is 79.7 cm³/mol. The van der Waals surface area contributed by atoms with Crippen LogP contribution in [0, 0.1) is 0 Å². The summed E-state index contributed by atoms with van der Waals surface area (Å²) in [5.41, 5.74) is 1.37. The van der Waals surface area contributed by atoms with E-state index in [-0.39, 0.29) is 11.2 Å². The highest BCUT2D eigenvalue weighted by Crippen LogP contribution is 2.30. The number of imidazole rings is 1. The minimum absolute atomic E-state index is 0.237. The zero-order valence-corrected chi connectivity index (χ0v) is 12.2. The second-order valence-corrected chi connectivity index (χ2v) is 5.43. The first-order valence-corrected chi connectivity index (χ1v) is 7.03. The standard InChI is InChI=1S/C16H14F3N3O/c1-9(23)6-10-2-4-11(5-3-10)14-21-13-7-12(16(17,18)19)8-20-15(13)22-14/h2-5,7-9,23H,6H2,1H3,(H,20,21,22). The van der Waals surface area contributed by atoms with Crippen molar-refractivity contribution >= 4 is 11.2 Å². The van der Waals surface area contributed by atoms with E-state index in [2.05, 4.69) is 15.0 Å². The van der Waals surface area contributed by atoms with Gasteiger partial charge in [0.05, 0.1) is 17.2 Å². The second kappa shape index (κ2) is 5.66. The largest absolute Gasteiger partial charge is 0.417 e. The van der Waals surface area contributed by atoms with Crippen LogP contribution in [0.5, 0.6) is 0 Å². The van der Waals surface area contributed by atoms with Gasteiger partial charge in [-0.15, -0.1) is 0 Å². The topological polar surface area (TPSA) is 61.8 Å². The Kier molecular flexibility index (Phi) is 3.81. The first-order valence-electron chi connectivity index (χ1n) is 7.03. The molecule has 0 bridgehead atoms. The van der Waals surface area contributed by atoms with Gasteiger partial charge in [0.1, 0.15) is 5.82 Å². The number of benzene rings is 1. The molecule has 1 aromatic carbocycles. The van der Waals surface area contributed by atoms with Gasteiger partial charge >= 0.3 is 6.18 Å². The number of fused-ring (bicyclic) bond motifs is 1. The minimum atomic E-state index is -4.44. The highest BCUT2D eigenvalue weighted by atomic mass is 19.4. The number of hydrogen-bond acceptors (Lipinski definition) is 3. The van der Waals surface area contributed by atoms with E-state index in [1.807, 2.05) is 12.1 Å². The van der Waals surface area contributed by atoms with Gasteiger partial charge in [0.15, 0.2) is 5.65 Å². The fraction of sp³-hybridized carbons (Fsp3) is 0.250. The Bertz CT molecular complexity index is 823. The molecule has 0 spiro atoms. The number of rotatable bonds is 3. The van der Waals surface area contributed by atoms with Gasteiger partial charge in [0.2, 0.25) is 0 Å². The molecule has 1 atom stereocenters. The third-order valence-corrected chi connectivity index (χ3v) is 3.42. The molecular formula is C16H14F3N3O. The molecule has 120 valence electrons. The molecule has 3 aromatic rings. The number of nitrogens with one attached hydrogen (secondary N) is 1. The molecule has 2 heterocycles. The van der Waals surface area contributed by atoms with Gasteiger partial charge in [-0.25, -0.2) is 9.97 Å². The maximum atomic E-state index is 12.7. The normalized spacial score (nSPS) is 13.4. The SMILES string of the molecule is CC(O)Cc1ccc(-c2nc3ncc(C(F)(F)F)cc3[nH]2)cc1. The summed E-state index contributed by atoms with van der Waals surface area (Å²) in [6.45, 7) is 1.71. The molecule has 0 aliphatic carbocycles. The van der Waals surface area contributed by atoms with Gasteiger partial charge in [-0.3, -0.25) is 0 Å². The number of halogens is 3. The molecule has 7 heteroatoms. The molecule has 23 heavy (non-hydrogen) atoms. The van der Waals surface area contributed by atoms with E-state index < -0.39 is 17.8 Å². The minimum Gasteiger partial charge on any atom is -0.393 e. The lowest BCUT2D eigenvalue weighted by molar-refractivity contribution is -0.137. The zero-order chi connectivity index (χ0) is 16.6. The number of aliphatic hydroxyl groups is 1. The number of H-pyrrole nitrogens is 1. The quantitative estimate of drug-likeness (QED) is 0.775. The number of aromatic amines is 1. The van der Waals surface area contributed by atoms with Crippen LogP contribution in [0.15, 0.2) is 36.5 Å². The van der Waals surface area contributed by atoms with Gasteiger partial charge in [0.25, 0.3) is 0 Å². The maximum Gasteiger partial charge on any atom is 0.417 e. The summed E-state index contributed by atoms with van der Waals surface area (Å²) in [6.07, 6.45) is -3.55. The summed E-state index contributed by atoms with van der Waals surface area (Å²) in [4.78, 5) is 10.8. The Hall–Kier alpha value is -2.41. The van der Waals surface area contributed by atoms with Crippen molar-refractivity contribution in [2.75, 3.05) is 0 Å². The summed E-state index contributed by atoms with van der Waals surface area (Å²) in [7, 11) is 0. The first kappa shape index (κ1) is 15.5. The van der Waals surface area contributed by atoms with Gasteiger partial charge in [0, 0.05) is 11.8 Å². The first-order chi connectivity index (χ1) is 10.8. The zero-order valence-electron chi connectivity index (χ0n) is 12.2. The maximum absolute atomic E-state index is 12.7. The predicted octanol–water partition coefficient (Wildman–Crippen LogP) is 3.57.